The van der Waals surface area contributed by atoms with Gasteiger partial charge in [0.25, 0.3) is 5.69 Å². The maximum absolute atomic E-state index is 10.6. The van der Waals surface area contributed by atoms with Gasteiger partial charge in [0.1, 0.15) is 0 Å². The number of hydrogen-bond donors (Lipinski definition) is 2. The fraction of sp³-hybridized carbons (Fsp3) is 0. The number of nitro groups is 1. The zero-order valence-electron chi connectivity index (χ0n) is 12.6. The molecule has 3 N–H and O–H groups in total. The Morgan fingerprint density at radius 2 is 1.68 bits per heavy atom. The topological polar surface area (TPSA) is 136 Å². The van der Waals surface area contributed by atoms with Crippen LogP contribution in [0.3, 0.4) is 0 Å². The van der Waals surface area contributed by atoms with Gasteiger partial charge in [-0.3, -0.25) is 14.7 Å². The molecule has 0 saturated carbocycles. The summed E-state index contributed by atoms with van der Waals surface area (Å²) in [7, 11) is -4.52. The fourth-order valence-corrected chi connectivity index (χ4v) is 3.08. The first-order chi connectivity index (χ1) is 11.8. The Balaban J connectivity index is 0.000000181. The normalized spacial score (nSPS) is 10.6. The summed E-state index contributed by atoms with van der Waals surface area (Å²) in [4.78, 5) is 12.9. The van der Waals surface area contributed by atoms with Gasteiger partial charge in [-0.1, -0.05) is 42.5 Å². The summed E-state index contributed by atoms with van der Waals surface area (Å²) in [5.41, 5.74) is 6.96. The van der Waals surface area contributed by atoms with Crippen LogP contribution < -0.4 is 5.73 Å². The number of aromatic nitrogens is 1. The van der Waals surface area contributed by atoms with E-state index >= 15 is 0 Å². The molecule has 0 atom stereocenters. The molecule has 1 heterocycles. The smallest absolute Gasteiger partial charge is 0.301 e. The van der Waals surface area contributed by atoms with Crippen LogP contribution in [-0.2, 0) is 10.1 Å². The number of nitrogens with zero attached hydrogens (tertiary/aromatic N) is 2. The molecule has 0 unspecified atom stereocenters. The van der Waals surface area contributed by atoms with Crippen molar-refractivity contribution in [3.8, 4) is 11.3 Å². The van der Waals surface area contributed by atoms with Gasteiger partial charge in [0.05, 0.1) is 10.6 Å². The molecule has 0 fully saturated rings. The van der Waals surface area contributed by atoms with Gasteiger partial charge in [0, 0.05) is 17.0 Å². The zero-order valence-corrected chi connectivity index (χ0v) is 14.3. The standard InChI is InChI=1S/C9H8N2S.C6H5NO5S/c10-9-11-8(6-12-9)7-4-2-1-3-5-7;8-7(9)5-3-1-2-4-6(5)13(10,11)12/h1-6H,(H2,10,11);1-4H,(H,10,11,12). The van der Waals surface area contributed by atoms with E-state index in [0.717, 1.165) is 23.4 Å². The molecule has 0 aliphatic rings. The fourth-order valence-electron chi connectivity index (χ4n) is 1.86. The molecule has 0 amide bonds. The first-order valence-corrected chi connectivity index (χ1v) is 9.08. The maximum Gasteiger partial charge on any atom is 0.301 e. The van der Waals surface area contributed by atoms with E-state index in [1.54, 1.807) is 0 Å². The van der Waals surface area contributed by atoms with Crippen LogP contribution >= 0.6 is 11.3 Å². The number of hydrogen-bond acceptors (Lipinski definition) is 7. The second-order valence-electron chi connectivity index (χ2n) is 4.64. The van der Waals surface area contributed by atoms with Crippen molar-refractivity contribution in [2.75, 3.05) is 5.73 Å². The molecule has 3 aromatic rings. The second kappa shape index (κ2) is 7.83. The van der Waals surface area contributed by atoms with Crippen LogP contribution in [-0.4, -0.2) is 22.9 Å². The Labute approximate surface area is 147 Å². The van der Waals surface area contributed by atoms with Crippen molar-refractivity contribution in [3.63, 3.8) is 0 Å². The highest BCUT2D eigenvalue weighted by Gasteiger charge is 2.22. The third kappa shape index (κ3) is 5.08. The van der Waals surface area contributed by atoms with Crippen molar-refractivity contribution in [2.24, 2.45) is 0 Å². The lowest BCUT2D eigenvalue weighted by molar-refractivity contribution is -0.387. The molecule has 1 aromatic heterocycles. The molecule has 0 aliphatic carbocycles. The van der Waals surface area contributed by atoms with Crippen molar-refractivity contribution < 1.29 is 17.9 Å². The lowest BCUT2D eigenvalue weighted by Gasteiger charge is -1.97. The van der Waals surface area contributed by atoms with Gasteiger partial charge in [-0.25, -0.2) is 4.98 Å². The lowest BCUT2D eigenvalue weighted by atomic mass is 10.2. The van der Waals surface area contributed by atoms with E-state index in [4.69, 9.17) is 10.3 Å². The summed E-state index contributed by atoms with van der Waals surface area (Å²) in [6.07, 6.45) is 0. The average molecular weight is 379 g/mol. The van der Waals surface area contributed by atoms with Gasteiger partial charge >= 0.3 is 10.1 Å². The number of nitro benzene ring substituents is 1. The number of para-hydroxylation sites is 1. The Bertz CT molecular complexity index is 972. The van der Waals surface area contributed by atoms with Crippen molar-refractivity contribution in [1.29, 1.82) is 0 Å². The number of anilines is 1. The molecule has 3 rings (SSSR count). The lowest BCUT2D eigenvalue weighted by Crippen LogP contribution is -2.02. The van der Waals surface area contributed by atoms with Gasteiger partial charge in [-0.05, 0) is 6.07 Å². The third-order valence-corrected chi connectivity index (χ3v) is 4.51. The highest BCUT2D eigenvalue weighted by molar-refractivity contribution is 7.86. The third-order valence-electron chi connectivity index (χ3n) is 2.93. The minimum Gasteiger partial charge on any atom is -0.375 e. The van der Waals surface area contributed by atoms with Crippen LogP contribution in [0, 0.1) is 10.1 Å². The van der Waals surface area contributed by atoms with Crippen molar-refractivity contribution >= 4 is 32.3 Å². The van der Waals surface area contributed by atoms with E-state index in [1.807, 2.05) is 35.7 Å². The molecular weight excluding hydrogens is 366 g/mol. The molecular formula is C15H13N3O5S2. The summed E-state index contributed by atoms with van der Waals surface area (Å²) in [5.74, 6) is 0. The molecule has 8 nitrogen and oxygen atoms in total. The SMILES string of the molecule is Nc1nc(-c2ccccc2)cs1.O=[N+]([O-])c1ccccc1S(=O)(=O)O. The minimum absolute atomic E-state index is 0.619. The van der Waals surface area contributed by atoms with Gasteiger partial charge in [0.2, 0.25) is 0 Å². The molecule has 0 radical (unpaired) electrons. The average Bonchev–Trinajstić information content (AvgIpc) is 3.02. The number of nitrogens with two attached hydrogens (primary N) is 1. The predicted molar refractivity (Wildman–Crippen MR) is 94.9 cm³/mol. The molecule has 130 valence electrons. The van der Waals surface area contributed by atoms with E-state index in [0.29, 0.717) is 5.13 Å². The predicted octanol–water partition coefficient (Wildman–Crippen LogP) is 3.23. The van der Waals surface area contributed by atoms with E-state index in [9.17, 15) is 18.5 Å². The largest absolute Gasteiger partial charge is 0.375 e. The quantitative estimate of drug-likeness (QED) is 0.405. The summed E-state index contributed by atoms with van der Waals surface area (Å²) in [5, 5.41) is 12.9. The molecule has 0 spiro atoms. The maximum atomic E-state index is 10.6. The van der Waals surface area contributed by atoms with Crippen molar-refractivity contribution in [1.82, 2.24) is 4.98 Å². The molecule has 25 heavy (non-hydrogen) atoms. The molecule has 10 heteroatoms. The summed E-state index contributed by atoms with van der Waals surface area (Å²) in [6, 6.07) is 14.6. The molecule has 0 saturated heterocycles. The zero-order chi connectivity index (χ0) is 18.4. The van der Waals surface area contributed by atoms with Crippen LogP contribution in [0.25, 0.3) is 11.3 Å². The Hall–Kier alpha value is -2.82. The van der Waals surface area contributed by atoms with E-state index in [-0.39, 0.29) is 0 Å². The Morgan fingerprint density at radius 3 is 2.16 bits per heavy atom. The first-order valence-electron chi connectivity index (χ1n) is 6.76. The second-order valence-corrected chi connectivity index (χ2v) is 6.92. The number of thiazole rings is 1. The first kappa shape index (κ1) is 18.5. The van der Waals surface area contributed by atoms with E-state index in [1.165, 1.54) is 23.5 Å². The summed E-state index contributed by atoms with van der Waals surface area (Å²) < 4.78 is 29.8. The molecule has 0 bridgehead atoms. The molecule has 2 aromatic carbocycles. The summed E-state index contributed by atoms with van der Waals surface area (Å²) >= 11 is 1.47. The van der Waals surface area contributed by atoms with Crippen LogP contribution in [0.1, 0.15) is 0 Å². The van der Waals surface area contributed by atoms with E-state index < -0.39 is 25.6 Å². The summed E-state index contributed by atoms with van der Waals surface area (Å²) in [6.45, 7) is 0. The van der Waals surface area contributed by atoms with Gasteiger partial charge in [-0.2, -0.15) is 8.42 Å². The van der Waals surface area contributed by atoms with Crippen molar-refractivity contribution in [3.05, 3.63) is 70.1 Å². The van der Waals surface area contributed by atoms with E-state index in [2.05, 4.69) is 4.98 Å². The Morgan fingerprint density at radius 1 is 1.08 bits per heavy atom. The van der Waals surface area contributed by atoms with Gasteiger partial charge < -0.3 is 5.73 Å². The minimum atomic E-state index is -4.52. The number of benzene rings is 2. The van der Waals surface area contributed by atoms with Crippen LogP contribution in [0.4, 0.5) is 10.8 Å². The Kier molecular flexibility index (Phi) is 5.80. The van der Waals surface area contributed by atoms with Crippen molar-refractivity contribution in [2.45, 2.75) is 4.90 Å². The van der Waals surface area contributed by atoms with Crippen LogP contribution in [0.15, 0.2) is 64.9 Å². The highest BCUT2D eigenvalue weighted by Crippen LogP contribution is 2.22. The molecule has 0 aliphatic heterocycles. The van der Waals surface area contributed by atoms with Crippen LogP contribution in [0.5, 0.6) is 0 Å². The van der Waals surface area contributed by atoms with Gasteiger partial charge in [-0.15, -0.1) is 11.3 Å². The number of rotatable bonds is 3. The highest BCUT2D eigenvalue weighted by atomic mass is 32.2. The van der Waals surface area contributed by atoms with Crippen LogP contribution in [0.2, 0.25) is 0 Å². The van der Waals surface area contributed by atoms with Gasteiger partial charge in [0.15, 0.2) is 10.0 Å². The number of nitrogen functional groups attached to an aromatic ring is 1. The monoisotopic (exact) mass is 379 g/mol.